The van der Waals surface area contributed by atoms with Crippen molar-refractivity contribution in [2.45, 2.75) is 25.4 Å². The molecule has 0 spiro atoms. The highest BCUT2D eigenvalue weighted by Crippen LogP contribution is 2.32. The zero-order valence-corrected chi connectivity index (χ0v) is 16.0. The first-order valence-electron chi connectivity index (χ1n) is 9.21. The lowest BCUT2D eigenvalue weighted by Gasteiger charge is -2.32. The third-order valence-electron chi connectivity index (χ3n) is 5.08. The van der Waals surface area contributed by atoms with E-state index in [0.29, 0.717) is 16.7 Å². The standard InChI is InChI=1S/C20H20ClN5O2/c21-17-11-18-16(10-19(17)26(27)28)20(23-13-22-18)24-15-6-8-25(9-7-15)12-14-4-2-1-3-5-14/h1-5,10-11,13,15H,6-9,12H2,(H,22,23,24). The molecule has 1 aromatic heterocycles. The Morgan fingerprint density at radius 1 is 1.18 bits per heavy atom. The monoisotopic (exact) mass is 397 g/mol. The van der Waals surface area contributed by atoms with Gasteiger partial charge in [-0.05, 0) is 24.5 Å². The second kappa shape index (κ2) is 8.08. The van der Waals surface area contributed by atoms with E-state index in [-0.39, 0.29) is 16.8 Å². The molecule has 2 heterocycles. The van der Waals surface area contributed by atoms with Crippen molar-refractivity contribution in [3.05, 3.63) is 69.5 Å². The molecule has 7 nitrogen and oxygen atoms in total. The van der Waals surface area contributed by atoms with Gasteiger partial charge in [-0.25, -0.2) is 9.97 Å². The number of nitrogens with zero attached hydrogens (tertiary/aromatic N) is 4. The van der Waals surface area contributed by atoms with E-state index >= 15 is 0 Å². The number of likely N-dealkylation sites (tertiary alicyclic amines) is 1. The van der Waals surface area contributed by atoms with Gasteiger partial charge in [0.15, 0.2) is 0 Å². The van der Waals surface area contributed by atoms with Crippen LogP contribution in [0.5, 0.6) is 0 Å². The van der Waals surface area contributed by atoms with Crippen LogP contribution < -0.4 is 5.32 Å². The lowest BCUT2D eigenvalue weighted by atomic mass is 10.0. The largest absolute Gasteiger partial charge is 0.367 e. The van der Waals surface area contributed by atoms with Crippen LogP contribution >= 0.6 is 11.6 Å². The first-order chi connectivity index (χ1) is 13.6. The van der Waals surface area contributed by atoms with Crippen LogP contribution in [0, 0.1) is 10.1 Å². The van der Waals surface area contributed by atoms with Gasteiger partial charge in [0.2, 0.25) is 0 Å². The Bertz CT molecular complexity index is 991. The summed E-state index contributed by atoms with van der Waals surface area (Å²) in [5.41, 5.74) is 1.78. The number of piperidine rings is 1. The van der Waals surface area contributed by atoms with E-state index in [1.165, 1.54) is 24.0 Å². The summed E-state index contributed by atoms with van der Waals surface area (Å²) in [5.74, 6) is 0.617. The Morgan fingerprint density at radius 3 is 2.64 bits per heavy atom. The molecule has 144 valence electrons. The minimum absolute atomic E-state index is 0.0800. The van der Waals surface area contributed by atoms with Crippen molar-refractivity contribution < 1.29 is 4.92 Å². The maximum absolute atomic E-state index is 11.2. The van der Waals surface area contributed by atoms with E-state index in [1.54, 1.807) is 0 Å². The van der Waals surface area contributed by atoms with Crippen molar-refractivity contribution in [3.63, 3.8) is 0 Å². The SMILES string of the molecule is O=[N+]([O-])c1cc2c(NC3CCN(Cc4ccccc4)CC3)ncnc2cc1Cl. The number of rotatable bonds is 5. The van der Waals surface area contributed by atoms with E-state index in [0.717, 1.165) is 32.5 Å². The zero-order chi connectivity index (χ0) is 19.5. The molecule has 0 bridgehead atoms. The Hall–Kier alpha value is -2.77. The number of anilines is 1. The van der Waals surface area contributed by atoms with Gasteiger partial charge in [-0.3, -0.25) is 15.0 Å². The summed E-state index contributed by atoms with van der Waals surface area (Å²) in [4.78, 5) is 21.7. The molecule has 1 N–H and O–H groups in total. The molecule has 28 heavy (non-hydrogen) atoms. The molecule has 1 fully saturated rings. The van der Waals surface area contributed by atoms with Gasteiger partial charge in [0.25, 0.3) is 5.69 Å². The van der Waals surface area contributed by atoms with Crippen LogP contribution in [0.3, 0.4) is 0 Å². The Balaban J connectivity index is 1.46. The highest BCUT2D eigenvalue weighted by atomic mass is 35.5. The number of fused-ring (bicyclic) bond motifs is 1. The van der Waals surface area contributed by atoms with Crippen LogP contribution in [0.2, 0.25) is 5.02 Å². The first kappa shape index (κ1) is 18.6. The average molecular weight is 398 g/mol. The van der Waals surface area contributed by atoms with Gasteiger partial charge < -0.3 is 5.32 Å². The maximum Gasteiger partial charge on any atom is 0.288 e. The Morgan fingerprint density at radius 2 is 1.93 bits per heavy atom. The van der Waals surface area contributed by atoms with Crippen LogP contribution in [0.4, 0.5) is 11.5 Å². The van der Waals surface area contributed by atoms with Crippen LogP contribution in [-0.4, -0.2) is 38.9 Å². The molecule has 0 aliphatic carbocycles. The third-order valence-corrected chi connectivity index (χ3v) is 5.38. The van der Waals surface area contributed by atoms with Crippen molar-refractivity contribution in [1.29, 1.82) is 0 Å². The molecule has 0 saturated carbocycles. The zero-order valence-electron chi connectivity index (χ0n) is 15.2. The molecule has 0 radical (unpaired) electrons. The fourth-order valence-electron chi connectivity index (χ4n) is 3.59. The second-order valence-corrected chi connectivity index (χ2v) is 7.39. The van der Waals surface area contributed by atoms with Gasteiger partial charge in [-0.2, -0.15) is 0 Å². The van der Waals surface area contributed by atoms with Crippen LogP contribution in [-0.2, 0) is 6.54 Å². The average Bonchev–Trinajstić information content (AvgIpc) is 2.70. The fourth-order valence-corrected chi connectivity index (χ4v) is 3.82. The number of nitro groups is 1. The molecule has 4 rings (SSSR count). The number of nitrogens with one attached hydrogen (secondary N) is 1. The highest BCUT2D eigenvalue weighted by molar-refractivity contribution is 6.33. The van der Waals surface area contributed by atoms with E-state index in [9.17, 15) is 10.1 Å². The lowest BCUT2D eigenvalue weighted by Crippen LogP contribution is -2.38. The number of hydrogen-bond acceptors (Lipinski definition) is 6. The van der Waals surface area contributed by atoms with E-state index in [4.69, 9.17) is 11.6 Å². The molecule has 1 saturated heterocycles. The smallest absolute Gasteiger partial charge is 0.288 e. The van der Waals surface area contributed by atoms with Gasteiger partial charge >= 0.3 is 0 Å². The second-order valence-electron chi connectivity index (χ2n) is 6.98. The summed E-state index contributed by atoms with van der Waals surface area (Å²) in [6, 6.07) is 13.7. The number of aromatic nitrogens is 2. The van der Waals surface area contributed by atoms with Crippen molar-refractivity contribution in [3.8, 4) is 0 Å². The first-order valence-corrected chi connectivity index (χ1v) is 9.59. The Kier molecular flexibility index (Phi) is 5.36. The number of hydrogen-bond donors (Lipinski definition) is 1. The Labute approximate surface area is 167 Å². The molecule has 0 atom stereocenters. The summed E-state index contributed by atoms with van der Waals surface area (Å²) >= 11 is 6.00. The van der Waals surface area contributed by atoms with E-state index < -0.39 is 4.92 Å². The fraction of sp³-hybridized carbons (Fsp3) is 0.300. The molecule has 0 unspecified atom stereocenters. The van der Waals surface area contributed by atoms with Gasteiger partial charge in [-0.1, -0.05) is 41.9 Å². The van der Waals surface area contributed by atoms with E-state index in [1.807, 2.05) is 6.07 Å². The lowest BCUT2D eigenvalue weighted by molar-refractivity contribution is -0.384. The molecular weight excluding hydrogens is 378 g/mol. The van der Waals surface area contributed by atoms with Gasteiger partial charge in [0, 0.05) is 37.1 Å². The molecule has 1 aliphatic rings. The highest BCUT2D eigenvalue weighted by Gasteiger charge is 2.21. The number of benzene rings is 2. The normalized spacial score (nSPS) is 15.6. The quantitative estimate of drug-likeness (QED) is 0.511. The predicted octanol–water partition coefficient (Wildman–Crippen LogP) is 4.27. The van der Waals surface area contributed by atoms with Crippen molar-refractivity contribution in [2.24, 2.45) is 0 Å². The van der Waals surface area contributed by atoms with Crippen molar-refractivity contribution >= 4 is 34.0 Å². The van der Waals surface area contributed by atoms with Crippen LogP contribution in [0.15, 0.2) is 48.8 Å². The van der Waals surface area contributed by atoms with Crippen molar-refractivity contribution in [2.75, 3.05) is 18.4 Å². The van der Waals surface area contributed by atoms with Gasteiger partial charge in [0.05, 0.1) is 10.4 Å². The minimum atomic E-state index is -0.485. The van der Waals surface area contributed by atoms with Crippen molar-refractivity contribution in [1.82, 2.24) is 14.9 Å². The summed E-state index contributed by atoms with van der Waals surface area (Å²) in [7, 11) is 0. The molecule has 1 aliphatic heterocycles. The molecule has 3 aromatic rings. The summed E-state index contributed by atoms with van der Waals surface area (Å²) in [6.07, 6.45) is 3.42. The molecule has 0 amide bonds. The third kappa shape index (κ3) is 4.05. The van der Waals surface area contributed by atoms with Crippen LogP contribution in [0.1, 0.15) is 18.4 Å². The summed E-state index contributed by atoms with van der Waals surface area (Å²) in [6.45, 7) is 2.93. The van der Waals surface area contributed by atoms with Gasteiger partial charge in [0.1, 0.15) is 17.2 Å². The predicted molar refractivity (Wildman–Crippen MR) is 110 cm³/mol. The van der Waals surface area contributed by atoms with Gasteiger partial charge in [-0.15, -0.1) is 0 Å². The minimum Gasteiger partial charge on any atom is -0.367 e. The molecule has 8 heteroatoms. The van der Waals surface area contributed by atoms with E-state index in [2.05, 4.69) is 44.5 Å². The van der Waals surface area contributed by atoms with Crippen LogP contribution in [0.25, 0.3) is 10.9 Å². The number of nitro benzene ring substituents is 1. The maximum atomic E-state index is 11.2. The molecule has 2 aromatic carbocycles. The summed E-state index contributed by atoms with van der Waals surface area (Å²) in [5, 5.41) is 15.4. The summed E-state index contributed by atoms with van der Waals surface area (Å²) < 4.78 is 0. The molecular formula is C20H20ClN5O2. The topological polar surface area (TPSA) is 84.2 Å². The number of halogens is 1.